The first-order chi connectivity index (χ1) is 7.22. The standard InChI is InChI=1S/C11H14FNO2/c1-15-11(14)13-8-2-3-9-4-6-10(12)7-5-9/h4-7H,2-3,8H2,1H3,(H,13,14). The van der Waals surface area contributed by atoms with Gasteiger partial charge in [0.05, 0.1) is 7.11 Å². The molecule has 0 aliphatic rings. The van der Waals surface area contributed by atoms with Gasteiger partial charge in [-0.2, -0.15) is 0 Å². The number of carbonyl (C=O) groups excluding carboxylic acids is 1. The SMILES string of the molecule is COC(=O)NCCCc1ccc(F)cc1. The summed E-state index contributed by atoms with van der Waals surface area (Å²) in [6.45, 7) is 0.560. The van der Waals surface area contributed by atoms with Gasteiger partial charge >= 0.3 is 6.09 Å². The maximum absolute atomic E-state index is 12.6. The number of ether oxygens (including phenoxy) is 1. The first kappa shape index (κ1) is 11.5. The highest BCUT2D eigenvalue weighted by Gasteiger charge is 1.97. The van der Waals surface area contributed by atoms with E-state index in [4.69, 9.17) is 0 Å². The highest BCUT2D eigenvalue weighted by Crippen LogP contribution is 2.04. The van der Waals surface area contributed by atoms with Crippen molar-refractivity contribution >= 4 is 6.09 Å². The van der Waals surface area contributed by atoms with Gasteiger partial charge in [-0.25, -0.2) is 9.18 Å². The molecule has 1 amide bonds. The highest BCUT2D eigenvalue weighted by molar-refractivity contribution is 5.66. The molecular formula is C11H14FNO2. The first-order valence-corrected chi connectivity index (χ1v) is 4.78. The van der Waals surface area contributed by atoms with Gasteiger partial charge in [0.15, 0.2) is 0 Å². The Morgan fingerprint density at radius 3 is 2.67 bits per heavy atom. The molecule has 0 saturated heterocycles. The second-order valence-electron chi connectivity index (χ2n) is 3.15. The van der Waals surface area contributed by atoms with Crippen molar-refractivity contribution in [3.8, 4) is 0 Å². The van der Waals surface area contributed by atoms with Crippen molar-refractivity contribution in [2.24, 2.45) is 0 Å². The summed E-state index contributed by atoms with van der Waals surface area (Å²) in [6.07, 6.45) is 1.19. The van der Waals surface area contributed by atoms with E-state index in [1.165, 1.54) is 19.2 Å². The van der Waals surface area contributed by atoms with Crippen molar-refractivity contribution < 1.29 is 13.9 Å². The van der Waals surface area contributed by atoms with Gasteiger partial charge in [0.25, 0.3) is 0 Å². The van der Waals surface area contributed by atoms with Crippen LogP contribution in [0.4, 0.5) is 9.18 Å². The van der Waals surface area contributed by atoms with E-state index in [0.717, 1.165) is 18.4 Å². The molecule has 1 N–H and O–H groups in total. The Morgan fingerprint density at radius 2 is 2.07 bits per heavy atom. The van der Waals surface area contributed by atoms with Crippen molar-refractivity contribution in [3.63, 3.8) is 0 Å². The van der Waals surface area contributed by atoms with Crippen molar-refractivity contribution in [3.05, 3.63) is 35.6 Å². The number of nitrogens with one attached hydrogen (secondary N) is 1. The quantitative estimate of drug-likeness (QED) is 0.774. The van der Waals surface area contributed by atoms with E-state index < -0.39 is 6.09 Å². The van der Waals surface area contributed by atoms with Gasteiger partial charge in [0.1, 0.15) is 5.82 Å². The fourth-order valence-electron chi connectivity index (χ4n) is 1.21. The van der Waals surface area contributed by atoms with Gasteiger partial charge in [-0.3, -0.25) is 0 Å². The molecular weight excluding hydrogens is 197 g/mol. The Labute approximate surface area is 88.2 Å². The van der Waals surface area contributed by atoms with Crippen LogP contribution in [-0.4, -0.2) is 19.7 Å². The Morgan fingerprint density at radius 1 is 1.40 bits per heavy atom. The lowest BCUT2D eigenvalue weighted by Crippen LogP contribution is -2.24. The molecule has 82 valence electrons. The third kappa shape index (κ3) is 4.44. The third-order valence-electron chi connectivity index (χ3n) is 2.01. The smallest absolute Gasteiger partial charge is 0.406 e. The molecule has 0 unspecified atom stereocenters. The number of aryl methyl sites for hydroxylation is 1. The third-order valence-corrected chi connectivity index (χ3v) is 2.01. The molecule has 3 nitrogen and oxygen atoms in total. The van der Waals surface area contributed by atoms with Crippen LogP contribution in [0.2, 0.25) is 0 Å². The molecule has 0 fully saturated rings. The number of halogens is 1. The number of alkyl carbamates (subject to hydrolysis) is 1. The highest BCUT2D eigenvalue weighted by atomic mass is 19.1. The van der Waals surface area contributed by atoms with Crippen LogP contribution in [0, 0.1) is 5.82 Å². The van der Waals surface area contributed by atoms with Crippen LogP contribution in [-0.2, 0) is 11.2 Å². The lowest BCUT2D eigenvalue weighted by atomic mass is 10.1. The summed E-state index contributed by atoms with van der Waals surface area (Å²) in [6, 6.07) is 6.35. The molecule has 1 aromatic rings. The van der Waals surface area contributed by atoms with Crippen molar-refractivity contribution in [1.29, 1.82) is 0 Å². The lowest BCUT2D eigenvalue weighted by molar-refractivity contribution is 0.171. The number of amides is 1. The zero-order valence-corrected chi connectivity index (χ0v) is 8.63. The largest absolute Gasteiger partial charge is 0.453 e. The van der Waals surface area contributed by atoms with Gasteiger partial charge in [0, 0.05) is 6.54 Å². The van der Waals surface area contributed by atoms with Crippen LogP contribution < -0.4 is 5.32 Å². The molecule has 0 spiro atoms. The molecule has 0 aliphatic heterocycles. The fraction of sp³-hybridized carbons (Fsp3) is 0.364. The zero-order valence-electron chi connectivity index (χ0n) is 8.63. The summed E-state index contributed by atoms with van der Waals surface area (Å²) < 4.78 is 17.0. The Hall–Kier alpha value is -1.58. The summed E-state index contributed by atoms with van der Waals surface area (Å²) in [5.41, 5.74) is 1.06. The maximum atomic E-state index is 12.6. The number of hydrogen-bond donors (Lipinski definition) is 1. The topological polar surface area (TPSA) is 38.3 Å². The van der Waals surface area contributed by atoms with Crippen molar-refractivity contribution in [2.45, 2.75) is 12.8 Å². The van der Waals surface area contributed by atoms with Gasteiger partial charge < -0.3 is 10.1 Å². The van der Waals surface area contributed by atoms with E-state index in [9.17, 15) is 9.18 Å². The van der Waals surface area contributed by atoms with Gasteiger partial charge in [-0.05, 0) is 30.5 Å². The normalized spacial score (nSPS) is 9.73. The second kappa shape index (κ2) is 6.01. The van der Waals surface area contributed by atoms with E-state index in [1.54, 1.807) is 12.1 Å². The van der Waals surface area contributed by atoms with E-state index >= 15 is 0 Å². The Balaban J connectivity index is 2.20. The molecule has 0 bridgehead atoms. The average molecular weight is 211 g/mol. The molecule has 4 heteroatoms. The van der Waals surface area contributed by atoms with Crippen LogP contribution in [0.1, 0.15) is 12.0 Å². The van der Waals surface area contributed by atoms with Gasteiger partial charge in [-0.15, -0.1) is 0 Å². The lowest BCUT2D eigenvalue weighted by Gasteiger charge is -2.03. The van der Waals surface area contributed by atoms with E-state index in [0.29, 0.717) is 6.54 Å². The summed E-state index contributed by atoms with van der Waals surface area (Å²) in [5, 5.41) is 2.58. The maximum Gasteiger partial charge on any atom is 0.406 e. The van der Waals surface area contributed by atoms with Crippen LogP contribution in [0.5, 0.6) is 0 Å². The van der Waals surface area contributed by atoms with Gasteiger partial charge in [0.2, 0.25) is 0 Å². The molecule has 1 rings (SSSR count). The van der Waals surface area contributed by atoms with Crippen LogP contribution in [0.3, 0.4) is 0 Å². The second-order valence-corrected chi connectivity index (χ2v) is 3.15. The van der Waals surface area contributed by atoms with Crippen LogP contribution in [0.15, 0.2) is 24.3 Å². The summed E-state index contributed by atoms with van der Waals surface area (Å²) >= 11 is 0. The van der Waals surface area contributed by atoms with Crippen LogP contribution >= 0.6 is 0 Å². The van der Waals surface area contributed by atoms with E-state index in [2.05, 4.69) is 10.1 Å². The molecule has 0 heterocycles. The molecule has 0 radical (unpaired) electrons. The Kier molecular flexibility index (Phi) is 4.60. The number of benzene rings is 1. The van der Waals surface area contributed by atoms with Crippen molar-refractivity contribution in [2.75, 3.05) is 13.7 Å². The fourth-order valence-corrected chi connectivity index (χ4v) is 1.21. The predicted octanol–water partition coefficient (Wildman–Crippen LogP) is 2.11. The number of carbonyl (C=O) groups is 1. The molecule has 1 aromatic carbocycles. The molecule has 0 aromatic heterocycles. The number of hydrogen-bond acceptors (Lipinski definition) is 2. The first-order valence-electron chi connectivity index (χ1n) is 4.78. The van der Waals surface area contributed by atoms with Crippen molar-refractivity contribution in [1.82, 2.24) is 5.32 Å². The predicted molar refractivity (Wildman–Crippen MR) is 55.1 cm³/mol. The van der Waals surface area contributed by atoms with Gasteiger partial charge in [-0.1, -0.05) is 12.1 Å². The van der Waals surface area contributed by atoms with E-state index in [1.807, 2.05) is 0 Å². The zero-order chi connectivity index (χ0) is 11.1. The summed E-state index contributed by atoms with van der Waals surface area (Å²) in [5.74, 6) is -0.230. The average Bonchev–Trinajstić information content (AvgIpc) is 2.26. The summed E-state index contributed by atoms with van der Waals surface area (Å²) in [7, 11) is 1.33. The number of rotatable bonds is 4. The Bertz CT molecular complexity index is 311. The minimum atomic E-state index is -0.422. The minimum absolute atomic E-state index is 0.230. The molecule has 0 atom stereocenters. The molecule has 0 saturated carbocycles. The monoisotopic (exact) mass is 211 g/mol. The molecule has 0 aliphatic carbocycles. The molecule has 15 heavy (non-hydrogen) atoms. The van der Waals surface area contributed by atoms with Crippen LogP contribution in [0.25, 0.3) is 0 Å². The van der Waals surface area contributed by atoms with E-state index in [-0.39, 0.29) is 5.82 Å². The number of methoxy groups -OCH3 is 1. The minimum Gasteiger partial charge on any atom is -0.453 e. The summed E-state index contributed by atoms with van der Waals surface area (Å²) in [4.78, 5) is 10.7.